The summed E-state index contributed by atoms with van der Waals surface area (Å²) in [6.45, 7) is 10.6. The maximum absolute atomic E-state index is 13.6. The van der Waals surface area contributed by atoms with Crippen LogP contribution < -0.4 is 19.1 Å². The first-order chi connectivity index (χ1) is 19.1. The van der Waals surface area contributed by atoms with E-state index in [2.05, 4.69) is 13.8 Å². The molecule has 0 aliphatic carbocycles. The lowest BCUT2D eigenvalue weighted by Gasteiger charge is -2.26. The number of ketones is 1. The maximum atomic E-state index is 13.6. The molecule has 1 N–H and O–H groups in total. The van der Waals surface area contributed by atoms with Crippen molar-refractivity contribution in [2.45, 2.75) is 46.6 Å². The van der Waals surface area contributed by atoms with Crippen LogP contribution in [0.5, 0.6) is 17.2 Å². The molecule has 1 unspecified atom stereocenters. The number of rotatable bonds is 9. The predicted molar refractivity (Wildman–Crippen MR) is 156 cm³/mol. The lowest BCUT2D eigenvalue weighted by Crippen LogP contribution is -2.29. The molecule has 0 radical (unpaired) electrons. The number of benzene rings is 3. The standard InChI is InChI=1S/C33H37NO6/c1-19(2)18-40-24-13-11-23(12-14-24)34-30(22-9-8-10-25(16-22)38-6)29(32(36)33(34)37)31(35)27-17-26(20(3)4)28(39-7)15-21(27)5/h8-17,19-20,30,35H,18H2,1-7H3/b31-29+. The van der Waals surface area contributed by atoms with E-state index in [1.54, 1.807) is 56.7 Å². The molecule has 1 aliphatic rings. The van der Waals surface area contributed by atoms with E-state index in [9.17, 15) is 14.7 Å². The van der Waals surface area contributed by atoms with Gasteiger partial charge in [0.25, 0.3) is 11.7 Å². The minimum atomic E-state index is -0.874. The van der Waals surface area contributed by atoms with Crippen molar-refractivity contribution in [2.24, 2.45) is 5.92 Å². The Kier molecular flexibility index (Phi) is 8.52. The lowest BCUT2D eigenvalue weighted by molar-refractivity contribution is -0.132. The number of ether oxygens (including phenoxy) is 3. The smallest absolute Gasteiger partial charge is 0.300 e. The van der Waals surface area contributed by atoms with Crippen LogP contribution in [0.25, 0.3) is 5.76 Å². The third-order valence-electron chi connectivity index (χ3n) is 7.01. The molecule has 40 heavy (non-hydrogen) atoms. The number of aliphatic hydroxyl groups is 1. The van der Waals surface area contributed by atoms with Crippen LogP contribution in [0.4, 0.5) is 5.69 Å². The predicted octanol–water partition coefficient (Wildman–Crippen LogP) is 6.80. The first-order valence-electron chi connectivity index (χ1n) is 13.4. The van der Waals surface area contributed by atoms with E-state index in [0.29, 0.717) is 46.6 Å². The highest BCUT2D eigenvalue weighted by atomic mass is 16.5. The third-order valence-corrected chi connectivity index (χ3v) is 7.01. The molecule has 1 heterocycles. The molecule has 0 spiro atoms. The third kappa shape index (κ3) is 5.55. The second kappa shape index (κ2) is 11.9. The Labute approximate surface area is 236 Å². The van der Waals surface area contributed by atoms with Gasteiger partial charge in [-0.25, -0.2) is 0 Å². The van der Waals surface area contributed by atoms with Crippen LogP contribution in [0.3, 0.4) is 0 Å². The van der Waals surface area contributed by atoms with Crippen molar-refractivity contribution in [3.63, 3.8) is 0 Å². The number of hydrogen-bond acceptors (Lipinski definition) is 6. The van der Waals surface area contributed by atoms with Crippen LogP contribution in [-0.4, -0.2) is 37.6 Å². The number of nitrogens with zero attached hydrogens (tertiary/aromatic N) is 1. The van der Waals surface area contributed by atoms with Gasteiger partial charge in [-0.2, -0.15) is 0 Å². The van der Waals surface area contributed by atoms with Crippen molar-refractivity contribution in [1.29, 1.82) is 0 Å². The minimum absolute atomic E-state index is 0.0151. The zero-order chi connectivity index (χ0) is 29.1. The van der Waals surface area contributed by atoms with Crippen LogP contribution in [0.15, 0.2) is 66.2 Å². The molecular weight excluding hydrogens is 506 g/mol. The average Bonchev–Trinajstić information content (AvgIpc) is 3.21. The largest absolute Gasteiger partial charge is 0.507 e. The first-order valence-corrected chi connectivity index (χ1v) is 13.4. The molecule has 1 saturated heterocycles. The van der Waals surface area contributed by atoms with E-state index in [4.69, 9.17) is 14.2 Å². The Hall–Kier alpha value is -4.26. The number of amides is 1. The number of aliphatic hydroxyl groups excluding tert-OH is 1. The maximum Gasteiger partial charge on any atom is 0.300 e. The van der Waals surface area contributed by atoms with Crippen LogP contribution in [0.1, 0.15) is 61.9 Å². The van der Waals surface area contributed by atoms with E-state index >= 15 is 0 Å². The molecule has 4 rings (SSSR count). The van der Waals surface area contributed by atoms with E-state index in [1.807, 2.05) is 39.0 Å². The quantitative estimate of drug-likeness (QED) is 0.182. The topological polar surface area (TPSA) is 85.3 Å². The van der Waals surface area contributed by atoms with Gasteiger partial charge in [0.2, 0.25) is 0 Å². The number of hydrogen-bond donors (Lipinski definition) is 1. The Morgan fingerprint density at radius 3 is 2.23 bits per heavy atom. The molecule has 1 fully saturated rings. The molecule has 0 aromatic heterocycles. The summed E-state index contributed by atoms with van der Waals surface area (Å²) in [5, 5.41) is 11.7. The van der Waals surface area contributed by atoms with E-state index in [1.165, 1.54) is 4.90 Å². The normalized spacial score (nSPS) is 16.6. The summed E-state index contributed by atoms with van der Waals surface area (Å²) < 4.78 is 16.8. The summed E-state index contributed by atoms with van der Waals surface area (Å²) in [5.41, 5.74) is 3.25. The number of methoxy groups -OCH3 is 2. The van der Waals surface area contributed by atoms with Crippen molar-refractivity contribution >= 4 is 23.1 Å². The molecule has 210 valence electrons. The van der Waals surface area contributed by atoms with Gasteiger partial charge in [-0.05, 0) is 84.0 Å². The number of anilines is 1. The van der Waals surface area contributed by atoms with Gasteiger partial charge in [-0.3, -0.25) is 14.5 Å². The monoisotopic (exact) mass is 543 g/mol. The molecule has 7 heteroatoms. The molecule has 1 amide bonds. The summed E-state index contributed by atoms with van der Waals surface area (Å²) in [6, 6.07) is 17.1. The van der Waals surface area contributed by atoms with Crippen molar-refractivity contribution in [3.05, 3.63) is 88.5 Å². The van der Waals surface area contributed by atoms with Crippen molar-refractivity contribution in [1.82, 2.24) is 0 Å². The minimum Gasteiger partial charge on any atom is -0.507 e. The first kappa shape index (κ1) is 28.7. The fourth-order valence-corrected chi connectivity index (χ4v) is 4.92. The van der Waals surface area contributed by atoms with Gasteiger partial charge in [0.1, 0.15) is 23.0 Å². The van der Waals surface area contributed by atoms with Crippen molar-refractivity contribution in [2.75, 3.05) is 25.7 Å². The average molecular weight is 544 g/mol. The number of Topliss-reactive ketones (excluding diaryl/α,β-unsaturated/α-hetero) is 1. The summed E-state index contributed by atoms with van der Waals surface area (Å²) in [6.07, 6.45) is 0. The molecule has 3 aromatic rings. The van der Waals surface area contributed by atoms with E-state index in [0.717, 1.165) is 11.1 Å². The van der Waals surface area contributed by atoms with Gasteiger partial charge in [-0.15, -0.1) is 0 Å². The molecule has 1 aliphatic heterocycles. The van der Waals surface area contributed by atoms with Gasteiger partial charge < -0.3 is 19.3 Å². The zero-order valence-corrected chi connectivity index (χ0v) is 24.1. The molecule has 7 nitrogen and oxygen atoms in total. The lowest BCUT2D eigenvalue weighted by atomic mass is 9.91. The van der Waals surface area contributed by atoms with Crippen LogP contribution in [-0.2, 0) is 9.59 Å². The van der Waals surface area contributed by atoms with Gasteiger partial charge in [0.05, 0.1) is 32.4 Å². The van der Waals surface area contributed by atoms with Gasteiger partial charge in [-0.1, -0.05) is 39.8 Å². The number of carbonyl (C=O) groups is 2. The number of carbonyl (C=O) groups excluding carboxylic acids is 2. The van der Waals surface area contributed by atoms with E-state index < -0.39 is 17.7 Å². The molecule has 0 saturated carbocycles. The van der Waals surface area contributed by atoms with Crippen molar-refractivity contribution < 1.29 is 28.9 Å². The van der Waals surface area contributed by atoms with Crippen LogP contribution >= 0.6 is 0 Å². The second-order valence-electron chi connectivity index (χ2n) is 10.7. The summed E-state index contributed by atoms with van der Waals surface area (Å²) in [5.74, 6) is 0.706. The Bertz CT molecular complexity index is 1440. The highest BCUT2D eigenvalue weighted by Crippen LogP contribution is 2.44. The van der Waals surface area contributed by atoms with Crippen LogP contribution in [0, 0.1) is 12.8 Å². The summed E-state index contributed by atoms with van der Waals surface area (Å²) in [4.78, 5) is 28.7. The number of aryl methyl sites for hydroxylation is 1. The fraction of sp³-hybridized carbons (Fsp3) is 0.333. The van der Waals surface area contributed by atoms with E-state index in [-0.39, 0.29) is 17.3 Å². The van der Waals surface area contributed by atoms with Gasteiger partial charge in [0.15, 0.2) is 0 Å². The summed E-state index contributed by atoms with van der Waals surface area (Å²) >= 11 is 0. The SMILES string of the molecule is COc1cccc(C2/C(=C(\O)c3cc(C(C)C)c(OC)cc3C)C(=O)C(=O)N2c2ccc(OCC(C)C)cc2)c1. The van der Waals surface area contributed by atoms with Gasteiger partial charge in [0, 0.05) is 11.3 Å². The van der Waals surface area contributed by atoms with Crippen molar-refractivity contribution in [3.8, 4) is 17.2 Å². The highest BCUT2D eigenvalue weighted by molar-refractivity contribution is 6.51. The molecule has 1 atom stereocenters. The molecule has 3 aromatic carbocycles. The molecule has 0 bridgehead atoms. The van der Waals surface area contributed by atoms with Crippen LogP contribution in [0.2, 0.25) is 0 Å². The summed E-state index contributed by atoms with van der Waals surface area (Å²) in [7, 11) is 3.16. The second-order valence-corrected chi connectivity index (χ2v) is 10.7. The zero-order valence-electron chi connectivity index (χ0n) is 24.1. The highest BCUT2D eigenvalue weighted by Gasteiger charge is 2.47. The van der Waals surface area contributed by atoms with Gasteiger partial charge >= 0.3 is 0 Å². The Morgan fingerprint density at radius 2 is 1.62 bits per heavy atom. The fourth-order valence-electron chi connectivity index (χ4n) is 4.92. The molecular formula is C33H37NO6. The Morgan fingerprint density at radius 1 is 0.925 bits per heavy atom. The Balaban J connectivity index is 1.90.